The number of hydrogen-bond acceptors (Lipinski definition) is 5. The molecule has 0 fully saturated rings. The first-order chi connectivity index (χ1) is 10.8. The van der Waals surface area contributed by atoms with Crippen LogP contribution in [0.3, 0.4) is 0 Å². The maximum absolute atomic E-state index is 12.2. The molecular weight excluding hydrogens is 296 g/mol. The molecule has 1 amide bonds. The van der Waals surface area contributed by atoms with Gasteiger partial charge in [-0.05, 0) is 24.8 Å². The van der Waals surface area contributed by atoms with Crippen LogP contribution in [0.25, 0.3) is 0 Å². The number of benzene rings is 1. The van der Waals surface area contributed by atoms with Crippen LogP contribution in [0.15, 0.2) is 30.3 Å². The van der Waals surface area contributed by atoms with E-state index in [1.165, 1.54) is 6.92 Å². The number of carbonyl (C=O) groups excluding carboxylic acids is 2. The summed E-state index contributed by atoms with van der Waals surface area (Å²) in [5.74, 6) is -0.886. The third-order valence-corrected chi connectivity index (χ3v) is 3.35. The second-order valence-electron chi connectivity index (χ2n) is 6.05. The molecule has 6 nitrogen and oxygen atoms in total. The first-order valence-electron chi connectivity index (χ1n) is 7.75. The highest BCUT2D eigenvalue weighted by atomic mass is 16.5. The van der Waals surface area contributed by atoms with Gasteiger partial charge in [0.05, 0.1) is 6.10 Å². The van der Waals surface area contributed by atoms with Crippen LogP contribution >= 0.6 is 0 Å². The Morgan fingerprint density at radius 3 is 2.35 bits per heavy atom. The van der Waals surface area contributed by atoms with E-state index in [2.05, 4.69) is 5.32 Å². The Morgan fingerprint density at radius 1 is 1.22 bits per heavy atom. The number of hydrogen-bond donors (Lipinski definition) is 3. The largest absolute Gasteiger partial charge is 0.459 e. The predicted molar refractivity (Wildman–Crippen MR) is 87.3 cm³/mol. The molecular formula is C17H26N2O4. The van der Waals surface area contributed by atoms with Crippen LogP contribution in [-0.4, -0.2) is 35.2 Å². The van der Waals surface area contributed by atoms with E-state index in [9.17, 15) is 14.7 Å². The minimum atomic E-state index is -1.08. The SMILES string of the molecule is CC(C)CC(NC(=O)C(N)C(C)O)C(=O)OCc1ccccc1. The van der Waals surface area contributed by atoms with Gasteiger partial charge in [0.25, 0.3) is 0 Å². The number of carbonyl (C=O) groups is 2. The quantitative estimate of drug-likeness (QED) is 0.619. The molecule has 1 rings (SSSR count). The first-order valence-corrected chi connectivity index (χ1v) is 7.75. The Kier molecular flexibility index (Phi) is 7.71. The number of amides is 1. The van der Waals surface area contributed by atoms with Crippen LogP contribution in [0.2, 0.25) is 0 Å². The molecule has 1 aromatic rings. The Morgan fingerprint density at radius 2 is 1.83 bits per heavy atom. The van der Waals surface area contributed by atoms with Gasteiger partial charge in [-0.25, -0.2) is 4.79 Å². The minimum Gasteiger partial charge on any atom is -0.459 e. The van der Waals surface area contributed by atoms with Crippen LogP contribution in [0.1, 0.15) is 32.8 Å². The number of rotatable bonds is 8. The summed E-state index contributed by atoms with van der Waals surface area (Å²) >= 11 is 0. The van der Waals surface area contributed by atoms with Gasteiger partial charge < -0.3 is 20.9 Å². The molecule has 0 aliphatic heterocycles. The molecule has 4 N–H and O–H groups in total. The summed E-state index contributed by atoms with van der Waals surface area (Å²) in [6.45, 7) is 5.46. The zero-order chi connectivity index (χ0) is 17.4. The Balaban J connectivity index is 2.65. The summed E-state index contributed by atoms with van der Waals surface area (Å²) in [6, 6.07) is 7.45. The fraction of sp³-hybridized carbons (Fsp3) is 0.529. The van der Waals surface area contributed by atoms with E-state index in [1.54, 1.807) is 0 Å². The topological polar surface area (TPSA) is 102 Å². The molecule has 6 heteroatoms. The van der Waals surface area contributed by atoms with Crippen molar-refractivity contribution in [2.75, 3.05) is 0 Å². The molecule has 3 atom stereocenters. The number of ether oxygens (including phenoxy) is 1. The third-order valence-electron chi connectivity index (χ3n) is 3.35. The lowest BCUT2D eigenvalue weighted by molar-refractivity contribution is -0.150. The van der Waals surface area contributed by atoms with E-state index in [0.717, 1.165) is 5.56 Å². The maximum Gasteiger partial charge on any atom is 0.328 e. The number of nitrogens with two attached hydrogens (primary N) is 1. The van der Waals surface area contributed by atoms with E-state index < -0.39 is 30.1 Å². The Hall–Kier alpha value is -1.92. The smallest absolute Gasteiger partial charge is 0.328 e. The predicted octanol–water partition coefficient (Wildman–Crippen LogP) is 0.969. The molecule has 0 radical (unpaired) electrons. The lowest BCUT2D eigenvalue weighted by atomic mass is 10.0. The van der Waals surface area contributed by atoms with Crippen molar-refractivity contribution in [1.29, 1.82) is 0 Å². The molecule has 0 aromatic heterocycles. The fourth-order valence-corrected chi connectivity index (χ4v) is 2.00. The van der Waals surface area contributed by atoms with E-state index in [-0.39, 0.29) is 12.5 Å². The minimum absolute atomic E-state index is 0.145. The zero-order valence-electron chi connectivity index (χ0n) is 13.9. The Bertz CT molecular complexity index is 503. The molecule has 0 aliphatic carbocycles. The average Bonchev–Trinajstić information content (AvgIpc) is 2.51. The second kappa shape index (κ2) is 9.27. The van der Waals surface area contributed by atoms with Gasteiger partial charge in [0.2, 0.25) is 5.91 Å². The van der Waals surface area contributed by atoms with Crippen LogP contribution in [0, 0.1) is 5.92 Å². The van der Waals surface area contributed by atoms with Crippen molar-refractivity contribution in [2.24, 2.45) is 11.7 Å². The zero-order valence-corrected chi connectivity index (χ0v) is 13.9. The molecule has 0 spiro atoms. The lowest BCUT2D eigenvalue weighted by Gasteiger charge is -2.22. The highest BCUT2D eigenvalue weighted by Gasteiger charge is 2.27. The highest BCUT2D eigenvalue weighted by Crippen LogP contribution is 2.09. The fourth-order valence-electron chi connectivity index (χ4n) is 2.00. The molecule has 0 heterocycles. The number of aliphatic hydroxyl groups excluding tert-OH is 1. The average molecular weight is 322 g/mol. The number of nitrogens with one attached hydrogen (secondary N) is 1. The first kappa shape index (κ1) is 19.1. The van der Waals surface area contributed by atoms with E-state index in [4.69, 9.17) is 10.5 Å². The second-order valence-corrected chi connectivity index (χ2v) is 6.05. The summed E-state index contributed by atoms with van der Waals surface area (Å²) in [4.78, 5) is 24.2. The van der Waals surface area contributed by atoms with Crippen molar-refractivity contribution < 1.29 is 19.4 Å². The van der Waals surface area contributed by atoms with Gasteiger partial charge in [-0.2, -0.15) is 0 Å². The molecule has 0 bridgehead atoms. The van der Waals surface area contributed by atoms with Gasteiger partial charge >= 0.3 is 5.97 Å². The summed E-state index contributed by atoms with van der Waals surface area (Å²) in [6.07, 6.45) is -0.554. The van der Waals surface area contributed by atoms with Crippen LogP contribution in [0.4, 0.5) is 0 Å². The van der Waals surface area contributed by atoms with Crippen molar-refractivity contribution in [3.63, 3.8) is 0 Å². The maximum atomic E-state index is 12.2. The Labute approximate surface area is 137 Å². The van der Waals surface area contributed by atoms with Gasteiger partial charge in [-0.15, -0.1) is 0 Å². The van der Waals surface area contributed by atoms with Crippen LogP contribution in [-0.2, 0) is 20.9 Å². The molecule has 0 aliphatic rings. The van der Waals surface area contributed by atoms with Gasteiger partial charge in [-0.3, -0.25) is 4.79 Å². The van der Waals surface area contributed by atoms with E-state index in [0.29, 0.717) is 6.42 Å². The van der Waals surface area contributed by atoms with Crippen molar-refractivity contribution in [3.8, 4) is 0 Å². The van der Waals surface area contributed by atoms with Crippen molar-refractivity contribution in [3.05, 3.63) is 35.9 Å². The van der Waals surface area contributed by atoms with Crippen molar-refractivity contribution in [1.82, 2.24) is 5.32 Å². The van der Waals surface area contributed by atoms with Gasteiger partial charge in [0, 0.05) is 0 Å². The van der Waals surface area contributed by atoms with E-state index >= 15 is 0 Å². The summed E-state index contributed by atoms with van der Waals surface area (Å²) in [5, 5.41) is 11.9. The summed E-state index contributed by atoms with van der Waals surface area (Å²) in [5.41, 5.74) is 6.46. The van der Waals surface area contributed by atoms with Crippen molar-refractivity contribution in [2.45, 2.75) is 52.0 Å². The molecule has 23 heavy (non-hydrogen) atoms. The normalized spacial score (nSPS) is 14.9. The molecule has 1 aromatic carbocycles. The number of esters is 1. The van der Waals surface area contributed by atoms with Gasteiger partial charge in [0.1, 0.15) is 18.7 Å². The molecule has 3 unspecified atom stereocenters. The standard InChI is InChI=1S/C17H26N2O4/c1-11(2)9-14(19-16(21)15(18)12(3)20)17(22)23-10-13-7-5-4-6-8-13/h4-8,11-12,14-15,20H,9-10,18H2,1-3H3,(H,19,21). The molecule has 128 valence electrons. The van der Waals surface area contributed by atoms with Gasteiger partial charge in [-0.1, -0.05) is 44.2 Å². The third kappa shape index (κ3) is 6.80. The molecule has 0 saturated heterocycles. The summed E-state index contributed by atoms with van der Waals surface area (Å²) < 4.78 is 5.28. The van der Waals surface area contributed by atoms with Crippen LogP contribution in [0.5, 0.6) is 0 Å². The number of aliphatic hydroxyl groups is 1. The van der Waals surface area contributed by atoms with Crippen LogP contribution < -0.4 is 11.1 Å². The molecule has 0 saturated carbocycles. The van der Waals surface area contributed by atoms with Gasteiger partial charge in [0.15, 0.2) is 0 Å². The summed E-state index contributed by atoms with van der Waals surface area (Å²) in [7, 11) is 0. The monoisotopic (exact) mass is 322 g/mol. The highest BCUT2D eigenvalue weighted by molar-refractivity contribution is 5.87. The lowest BCUT2D eigenvalue weighted by Crippen LogP contribution is -2.52. The van der Waals surface area contributed by atoms with E-state index in [1.807, 2.05) is 44.2 Å². The van der Waals surface area contributed by atoms with Crippen molar-refractivity contribution >= 4 is 11.9 Å².